The average Bonchev–Trinajstić information content (AvgIpc) is 2.48. The van der Waals surface area contributed by atoms with E-state index in [1.165, 1.54) is 0 Å². The molecule has 17 heavy (non-hydrogen) atoms. The van der Waals surface area contributed by atoms with Crippen LogP contribution in [0.5, 0.6) is 0 Å². The van der Waals surface area contributed by atoms with Crippen LogP contribution >= 0.6 is 0 Å². The lowest BCUT2D eigenvalue weighted by molar-refractivity contribution is 0.0357. The van der Waals surface area contributed by atoms with E-state index in [1.807, 2.05) is 11.6 Å². The minimum atomic E-state index is -0.698. The monoisotopic (exact) mass is 239 g/mol. The maximum Gasteiger partial charge on any atom is 0.138 e. The first-order valence-corrected chi connectivity index (χ1v) is 6.39. The second-order valence-electron chi connectivity index (χ2n) is 6.02. The molecule has 98 valence electrons. The first-order valence-electron chi connectivity index (χ1n) is 6.39. The maximum atomic E-state index is 10.3. The summed E-state index contributed by atoms with van der Waals surface area (Å²) in [7, 11) is 0. The summed E-state index contributed by atoms with van der Waals surface area (Å²) >= 11 is 0. The predicted octanol–water partition coefficient (Wildman–Crippen LogP) is 2.27. The Kier molecular flexibility index (Phi) is 4.69. The quantitative estimate of drug-likeness (QED) is 0.828. The number of nitrogens with zero attached hydrogens (tertiary/aromatic N) is 3. The lowest BCUT2D eigenvalue weighted by Gasteiger charge is -2.25. The Hall–Kier alpha value is -0.900. The fraction of sp³-hybridized carbons (Fsp3) is 0.846. The SMILES string of the molecule is CC(C)Cn1ncnc1CC(C)(O)CC(C)C. The van der Waals surface area contributed by atoms with E-state index < -0.39 is 5.60 Å². The summed E-state index contributed by atoms with van der Waals surface area (Å²) < 4.78 is 1.90. The number of aromatic nitrogens is 3. The maximum absolute atomic E-state index is 10.3. The number of hydrogen-bond acceptors (Lipinski definition) is 3. The van der Waals surface area contributed by atoms with Crippen LogP contribution in [0.15, 0.2) is 6.33 Å². The topological polar surface area (TPSA) is 50.9 Å². The summed E-state index contributed by atoms with van der Waals surface area (Å²) in [6.45, 7) is 11.3. The Morgan fingerprint density at radius 1 is 1.29 bits per heavy atom. The van der Waals surface area contributed by atoms with Crippen LogP contribution in [-0.2, 0) is 13.0 Å². The molecule has 0 saturated carbocycles. The molecule has 0 radical (unpaired) electrons. The Bertz CT molecular complexity index is 342. The third-order valence-corrected chi connectivity index (χ3v) is 2.62. The van der Waals surface area contributed by atoms with Gasteiger partial charge in [0.05, 0.1) is 5.60 Å². The Labute approximate surface area is 104 Å². The summed E-state index contributed by atoms with van der Waals surface area (Å²) in [4.78, 5) is 4.25. The standard InChI is InChI=1S/C13H25N3O/c1-10(2)6-13(5,17)7-12-14-9-15-16(12)8-11(3)4/h9-11,17H,6-8H2,1-5H3. The Balaban J connectivity index is 2.70. The van der Waals surface area contributed by atoms with Crippen molar-refractivity contribution < 1.29 is 5.11 Å². The van der Waals surface area contributed by atoms with E-state index >= 15 is 0 Å². The summed E-state index contributed by atoms with van der Waals surface area (Å²) in [5, 5.41) is 14.5. The molecule has 1 unspecified atom stereocenters. The van der Waals surface area contributed by atoms with Crippen molar-refractivity contribution in [3.8, 4) is 0 Å². The van der Waals surface area contributed by atoms with Gasteiger partial charge in [-0.15, -0.1) is 0 Å². The van der Waals surface area contributed by atoms with Gasteiger partial charge >= 0.3 is 0 Å². The van der Waals surface area contributed by atoms with E-state index in [9.17, 15) is 5.11 Å². The van der Waals surface area contributed by atoms with Crippen LogP contribution in [0.1, 0.15) is 46.9 Å². The Morgan fingerprint density at radius 2 is 1.94 bits per heavy atom. The van der Waals surface area contributed by atoms with Crippen LogP contribution in [0.4, 0.5) is 0 Å². The molecule has 0 aromatic carbocycles. The molecule has 1 aromatic heterocycles. The predicted molar refractivity (Wildman–Crippen MR) is 68.6 cm³/mol. The summed E-state index contributed by atoms with van der Waals surface area (Å²) in [6.07, 6.45) is 2.92. The zero-order chi connectivity index (χ0) is 13.1. The molecule has 1 aromatic rings. The van der Waals surface area contributed by atoms with E-state index in [4.69, 9.17) is 0 Å². The van der Waals surface area contributed by atoms with Gasteiger partial charge in [0.25, 0.3) is 0 Å². The minimum absolute atomic E-state index is 0.478. The number of hydrogen-bond donors (Lipinski definition) is 1. The molecule has 1 heterocycles. The smallest absolute Gasteiger partial charge is 0.138 e. The molecule has 4 nitrogen and oxygen atoms in total. The second kappa shape index (κ2) is 5.63. The van der Waals surface area contributed by atoms with Gasteiger partial charge in [0, 0.05) is 13.0 Å². The minimum Gasteiger partial charge on any atom is -0.390 e. The molecule has 4 heteroatoms. The molecular weight excluding hydrogens is 214 g/mol. The number of rotatable bonds is 6. The van der Waals surface area contributed by atoms with Crippen molar-refractivity contribution in [2.75, 3.05) is 0 Å². The van der Waals surface area contributed by atoms with Gasteiger partial charge in [-0.25, -0.2) is 9.67 Å². The van der Waals surface area contributed by atoms with E-state index in [-0.39, 0.29) is 0 Å². The molecular formula is C13H25N3O. The molecule has 1 atom stereocenters. The van der Waals surface area contributed by atoms with Crippen molar-refractivity contribution in [2.24, 2.45) is 11.8 Å². The van der Waals surface area contributed by atoms with Gasteiger partial charge in [-0.3, -0.25) is 0 Å². The van der Waals surface area contributed by atoms with Crippen LogP contribution in [-0.4, -0.2) is 25.5 Å². The highest BCUT2D eigenvalue weighted by molar-refractivity contribution is 4.93. The van der Waals surface area contributed by atoms with E-state index in [0.29, 0.717) is 18.3 Å². The molecule has 0 aliphatic carbocycles. The van der Waals surface area contributed by atoms with Gasteiger partial charge in [-0.05, 0) is 25.2 Å². The van der Waals surface area contributed by atoms with Gasteiger partial charge in [0.2, 0.25) is 0 Å². The fourth-order valence-corrected chi connectivity index (χ4v) is 2.22. The van der Waals surface area contributed by atoms with Gasteiger partial charge in [0.1, 0.15) is 12.2 Å². The molecule has 0 saturated heterocycles. The molecule has 1 N–H and O–H groups in total. The van der Waals surface area contributed by atoms with Crippen molar-refractivity contribution in [3.05, 3.63) is 12.2 Å². The third-order valence-electron chi connectivity index (χ3n) is 2.62. The summed E-state index contributed by atoms with van der Waals surface area (Å²) in [6, 6.07) is 0. The first-order chi connectivity index (χ1) is 7.80. The van der Waals surface area contributed by atoms with Crippen LogP contribution in [0.2, 0.25) is 0 Å². The summed E-state index contributed by atoms with van der Waals surface area (Å²) in [5.74, 6) is 1.89. The van der Waals surface area contributed by atoms with Gasteiger partial charge in [0.15, 0.2) is 0 Å². The van der Waals surface area contributed by atoms with Crippen LogP contribution in [0.3, 0.4) is 0 Å². The normalized spacial score (nSPS) is 15.5. The zero-order valence-electron chi connectivity index (χ0n) is 11.6. The summed E-state index contributed by atoms with van der Waals surface area (Å²) in [5.41, 5.74) is -0.698. The lowest BCUT2D eigenvalue weighted by Crippen LogP contribution is -2.31. The van der Waals surface area contributed by atoms with Crippen LogP contribution < -0.4 is 0 Å². The van der Waals surface area contributed by atoms with Crippen molar-refractivity contribution in [3.63, 3.8) is 0 Å². The van der Waals surface area contributed by atoms with E-state index in [0.717, 1.165) is 18.8 Å². The highest BCUT2D eigenvalue weighted by Gasteiger charge is 2.25. The lowest BCUT2D eigenvalue weighted by atomic mass is 9.91. The average molecular weight is 239 g/mol. The fourth-order valence-electron chi connectivity index (χ4n) is 2.22. The van der Waals surface area contributed by atoms with Crippen LogP contribution in [0.25, 0.3) is 0 Å². The largest absolute Gasteiger partial charge is 0.390 e. The van der Waals surface area contributed by atoms with E-state index in [2.05, 4.69) is 37.8 Å². The van der Waals surface area contributed by atoms with Crippen molar-refractivity contribution in [1.82, 2.24) is 14.8 Å². The van der Waals surface area contributed by atoms with E-state index in [1.54, 1.807) is 6.33 Å². The highest BCUT2D eigenvalue weighted by Crippen LogP contribution is 2.20. The molecule has 0 spiro atoms. The van der Waals surface area contributed by atoms with Gasteiger partial charge in [-0.2, -0.15) is 5.10 Å². The molecule has 0 amide bonds. The second-order valence-corrected chi connectivity index (χ2v) is 6.02. The Morgan fingerprint density at radius 3 is 2.47 bits per heavy atom. The van der Waals surface area contributed by atoms with Crippen molar-refractivity contribution in [1.29, 1.82) is 0 Å². The van der Waals surface area contributed by atoms with Gasteiger partial charge in [-0.1, -0.05) is 27.7 Å². The first kappa shape index (κ1) is 14.2. The zero-order valence-corrected chi connectivity index (χ0v) is 11.6. The molecule has 0 aliphatic rings. The molecule has 1 rings (SSSR count). The molecule has 0 fully saturated rings. The number of aliphatic hydroxyl groups is 1. The molecule has 0 aliphatic heterocycles. The van der Waals surface area contributed by atoms with Crippen LogP contribution in [0, 0.1) is 11.8 Å². The highest BCUT2D eigenvalue weighted by atomic mass is 16.3. The molecule has 0 bridgehead atoms. The van der Waals surface area contributed by atoms with Gasteiger partial charge < -0.3 is 5.11 Å². The van der Waals surface area contributed by atoms with Crippen molar-refractivity contribution in [2.45, 2.75) is 59.6 Å². The van der Waals surface area contributed by atoms with Crippen molar-refractivity contribution >= 4 is 0 Å². The third kappa shape index (κ3) is 4.86.